The zero-order chi connectivity index (χ0) is 37.5. The maximum absolute atomic E-state index is 6.89. The third-order valence-corrected chi connectivity index (χ3v) is 11.8. The Morgan fingerprint density at radius 2 is 0.947 bits per heavy atom. The molecule has 1 spiro atoms. The summed E-state index contributed by atoms with van der Waals surface area (Å²) in [4.78, 5) is 10.4. The molecule has 57 heavy (non-hydrogen) atoms. The summed E-state index contributed by atoms with van der Waals surface area (Å²) in [6.45, 7) is 0. The molecule has 0 unspecified atom stereocenters. The number of hydrogen-bond acceptors (Lipinski definition) is 4. The molecular weight excluding hydrogens is 697 g/mol. The maximum atomic E-state index is 6.89. The monoisotopic (exact) mass is 728 g/mol. The van der Waals surface area contributed by atoms with Gasteiger partial charge < -0.3 is 9.15 Å². The number of furan rings is 1. The van der Waals surface area contributed by atoms with Crippen molar-refractivity contribution in [1.82, 2.24) is 9.97 Å². The summed E-state index contributed by atoms with van der Waals surface area (Å²) in [5, 5.41) is 1.96. The normalized spacial score (nSPS) is 13.2. The number of ether oxygens (including phenoxy) is 1. The molecule has 0 saturated carbocycles. The molecule has 0 amide bonds. The van der Waals surface area contributed by atoms with Crippen molar-refractivity contribution in [3.8, 4) is 67.7 Å². The van der Waals surface area contributed by atoms with Crippen LogP contribution in [0, 0.1) is 0 Å². The van der Waals surface area contributed by atoms with Gasteiger partial charge in [-0.05, 0) is 63.7 Å². The van der Waals surface area contributed by atoms with Crippen LogP contribution in [0.4, 0.5) is 0 Å². The first-order chi connectivity index (χ1) is 28.2. The van der Waals surface area contributed by atoms with Gasteiger partial charge in [0, 0.05) is 38.6 Å². The third kappa shape index (κ3) is 4.68. The predicted octanol–water partition coefficient (Wildman–Crippen LogP) is 13.5. The lowest BCUT2D eigenvalue weighted by Gasteiger charge is -2.39. The van der Waals surface area contributed by atoms with E-state index >= 15 is 0 Å². The van der Waals surface area contributed by atoms with E-state index in [0.717, 1.165) is 78.2 Å². The maximum Gasteiger partial charge on any atom is 0.160 e. The standard InChI is InChI=1S/C53H32N2O2/c1-3-14-33(15-4-1)34-26-28-35(29-27-34)45-32-46(55-52(54-45)36-16-5-2-6-17-36)39-20-13-25-48-51(39)40-30-50-44(31-49(40)57-48)53(43-23-11-12-24-47(43)56-50)41-21-9-7-18-37(41)38-19-8-10-22-42(38)53/h1-32H. The summed E-state index contributed by atoms with van der Waals surface area (Å²) < 4.78 is 13.7. The molecule has 0 atom stereocenters. The van der Waals surface area contributed by atoms with E-state index in [4.69, 9.17) is 19.1 Å². The van der Waals surface area contributed by atoms with Crippen LogP contribution in [0.5, 0.6) is 11.5 Å². The molecule has 0 radical (unpaired) electrons. The van der Waals surface area contributed by atoms with Crippen LogP contribution in [0.15, 0.2) is 199 Å². The average Bonchev–Trinajstić information content (AvgIpc) is 3.80. The predicted molar refractivity (Wildman–Crippen MR) is 228 cm³/mol. The van der Waals surface area contributed by atoms with E-state index in [1.54, 1.807) is 0 Å². The lowest BCUT2D eigenvalue weighted by Crippen LogP contribution is -2.32. The Kier molecular flexibility index (Phi) is 6.81. The minimum Gasteiger partial charge on any atom is -0.457 e. The smallest absolute Gasteiger partial charge is 0.160 e. The van der Waals surface area contributed by atoms with Crippen LogP contribution in [-0.2, 0) is 5.41 Å². The lowest BCUT2D eigenvalue weighted by atomic mass is 9.66. The molecule has 0 N–H and O–H groups in total. The van der Waals surface area contributed by atoms with E-state index < -0.39 is 5.41 Å². The molecule has 4 nitrogen and oxygen atoms in total. The van der Waals surface area contributed by atoms with Crippen molar-refractivity contribution in [2.45, 2.75) is 5.41 Å². The van der Waals surface area contributed by atoms with Crippen molar-refractivity contribution in [3.05, 3.63) is 216 Å². The molecule has 8 aromatic carbocycles. The topological polar surface area (TPSA) is 48.2 Å². The van der Waals surface area contributed by atoms with Gasteiger partial charge in [0.05, 0.1) is 16.8 Å². The van der Waals surface area contributed by atoms with Gasteiger partial charge in [-0.15, -0.1) is 0 Å². The van der Waals surface area contributed by atoms with Gasteiger partial charge in [0.15, 0.2) is 5.82 Å². The van der Waals surface area contributed by atoms with Crippen LogP contribution >= 0.6 is 0 Å². The first kappa shape index (κ1) is 31.8. The van der Waals surface area contributed by atoms with Gasteiger partial charge >= 0.3 is 0 Å². The molecule has 2 aromatic heterocycles. The largest absolute Gasteiger partial charge is 0.457 e. The first-order valence-electron chi connectivity index (χ1n) is 19.3. The van der Waals surface area contributed by atoms with E-state index in [1.807, 2.05) is 30.3 Å². The van der Waals surface area contributed by atoms with Gasteiger partial charge in [-0.25, -0.2) is 9.97 Å². The van der Waals surface area contributed by atoms with Crippen LogP contribution < -0.4 is 4.74 Å². The van der Waals surface area contributed by atoms with Crippen molar-refractivity contribution in [2.24, 2.45) is 0 Å². The summed E-state index contributed by atoms with van der Waals surface area (Å²) >= 11 is 0. The highest BCUT2D eigenvalue weighted by molar-refractivity contribution is 6.13. The zero-order valence-electron chi connectivity index (χ0n) is 30.7. The fourth-order valence-corrected chi connectivity index (χ4v) is 9.30. The molecule has 3 heterocycles. The molecule has 12 rings (SSSR count). The fraction of sp³-hybridized carbons (Fsp3) is 0.0189. The second-order valence-corrected chi connectivity index (χ2v) is 14.8. The summed E-state index contributed by atoms with van der Waals surface area (Å²) in [6, 6.07) is 68.0. The molecular formula is C53H32N2O2. The Bertz CT molecular complexity index is 3160. The van der Waals surface area contributed by atoms with Crippen LogP contribution in [0.2, 0.25) is 0 Å². The second-order valence-electron chi connectivity index (χ2n) is 14.8. The van der Waals surface area contributed by atoms with E-state index in [9.17, 15) is 0 Å². The number of benzene rings is 8. The van der Waals surface area contributed by atoms with Crippen molar-refractivity contribution >= 4 is 21.9 Å². The molecule has 4 heteroatoms. The minimum absolute atomic E-state index is 0.574. The summed E-state index contributed by atoms with van der Waals surface area (Å²) in [5.41, 5.74) is 15.1. The van der Waals surface area contributed by atoms with Gasteiger partial charge in [-0.1, -0.05) is 164 Å². The second kappa shape index (κ2) is 12.2. The number of nitrogens with zero attached hydrogens (tertiary/aromatic N) is 2. The number of hydrogen-bond donors (Lipinski definition) is 0. The molecule has 266 valence electrons. The zero-order valence-corrected chi connectivity index (χ0v) is 30.7. The Morgan fingerprint density at radius 3 is 1.68 bits per heavy atom. The van der Waals surface area contributed by atoms with Crippen LogP contribution in [0.3, 0.4) is 0 Å². The first-order valence-corrected chi connectivity index (χ1v) is 19.3. The summed E-state index contributed by atoms with van der Waals surface area (Å²) in [6.07, 6.45) is 0. The van der Waals surface area contributed by atoms with Crippen molar-refractivity contribution in [2.75, 3.05) is 0 Å². The van der Waals surface area contributed by atoms with E-state index in [-0.39, 0.29) is 0 Å². The summed E-state index contributed by atoms with van der Waals surface area (Å²) in [5.74, 6) is 2.34. The van der Waals surface area contributed by atoms with Gasteiger partial charge in [0.25, 0.3) is 0 Å². The highest BCUT2D eigenvalue weighted by Crippen LogP contribution is 2.62. The Balaban J connectivity index is 1.08. The molecule has 10 aromatic rings. The van der Waals surface area contributed by atoms with Crippen molar-refractivity contribution < 1.29 is 9.15 Å². The molecule has 2 aliphatic rings. The average molecular weight is 729 g/mol. The number of fused-ring (bicyclic) bond motifs is 12. The molecule has 1 aliphatic heterocycles. The van der Waals surface area contributed by atoms with E-state index in [2.05, 4.69) is 164 Å². The third-order valence-electron chi connectivity index (χ3n) is 11.8. The van der Waals surface area contributed by atoms with E-state index in [0.29, 0.717) is 5.82 Å². The van der Waals surface area contributed by atoms with Gasteiger partial charge in [-0.2, -0.15) is 0 Å². The molecule has 0 bridgehead atoms. The molecule has 1 aliphatic carbocycles. The number of aromatic nitrogens is 2. The highest BCUT2D eigenvalue weighted by atomic mass is 16.5. The fourth-order valence-electron chi connectivity index (χ4n) is 9.30. The van der Waals surface area contributed by atoms with Crippen LogP contribution in [-0.4, -0.2) is 9.97 Å². The Morgan fingerprint density at radius 1 is 0.368 bits per heavy atom. The number of para-hydroxylation sites is 1. The van der Waals surface area contributed by atoms with E-state index in [1.165, 1.54) is 27.8 Å². The lowest BCUT2D eigenvalue weighted by molar-refractivity contribution is 0.437. The SMILES string of the molecule is c1ccc(-c2ccc(-c3cc(-c4cccc5oc6cc7c(cc6c45)Oc4ccccc4C74c5ccccc5-c5ccccc54)nc(-c4ccccc4)n3)cc2)cc1. The molecule has 0 saturated heterocycles. The van der Waals surface area contributed by atoms with Gasteiger partial charge in [0.2, 0.25) is 0 Å². The number of rotatable bonds is 4. The minimum atomic E-state index is -0.574. The van der Waals surface area contributed by atoms with Crippen LogP contribution in [0.25, 0.3) is 78.1 Å². The van der Waals surface area contributed by atoms with Crippen LogP contribution in [0.1, 0.15) is 22.3 Å². The van der Waals surface area contributed by atoms with Crippen molar-refractivity contribution in [3.63, 3.8) is 0 Å². The Hall–Kier alpha value is -7.56. The Labute approximate surface area is 329 Å². The quantitative estimate of drug-likeness (QED) is 0.181. The highest BCUT2D eigenvalue weighted by Gasteiger charge is 2.51. The van der Waals surface area contributed by atoms with Crippen molar-refractivity contribution in [1.29, 1.82) is 0 Å². The van der Waals surface area contributed by atoms with Gasteiger partial charge in [-0.3, -0.25) is 0 Å². The van der Waals surface area contributed by atoms with Gasteiger partial charge in [0.1, 0.15) is 22.7 Å². The summed E-state index contributed by atoms with van der Waals surface area (Å²) in [7, 11) is 0. The molecule has 0 fully saturated rings.